The third kappa shape index (κ3) is 2.34. The molecular formula is C6H10F3NO. The number of likely N-dealkylation sites (tertiary alicyclic amines) is 1. The second-order valence-electron chi connectivity index (χ2n) is 2.69. The van der Waals surface area contributed by atoms with Crippen LogP contribution in [0.2, 0.25) is 0 Å². The van der Waals surface area contributed by atoms with E-state index in [-0.39, 0.29) is 25.9 Å². The first-order valence-corrected chi connectivity index (χ1v) is 3.50. The summed E-state index contributed by atoms with van der Waals surface area (Å²) in [6.45, 7) is -0.157. The number of hydrogen-bond acceptors (Lipinski definition) is 2. The van der Waals surface area contributed by atoms with E-state index in [4.69, 9.17) is 5.11 Å². The minimum Gasteiger partial charge on any atom is -0.393 e. The summed E-state index contributed by atoms with van der Waals surface area (Å²) < 4.78 is 35.7. The highest BCUT2D eigenvalue weighted by Crippen LogP contribution is 2.24. The summed E-state index contributed by atoms with van der Waals surface area (Å²) in [6.07, 6.45) is -4.33. The van der Waals surface area contributed by atoms with Gasteiger partial charge in [0.25, 0.3) is 0 Å². The summed E-state index contributed by atoms with van der Waals surface area (Å²) in [5.74, 6) is 0. The molecule has 0 spiro atoms. The van der Waals surface area contributed by atoms with E-state index in [2.05, 4.69) is 0 Å². The van der Waals surface area contributed by atoms with E-state index < -0.39 is 12.4 Å². The normalized spacial score (nSPS) is 24.0. The van der Waals surface area contributed by atoms with Crippen LogP contribution in [-0.2, 0) is 0 Å². The summed E-state index contributed by atoms with van der Waals surface area (Å²) in [7, 11) is 0. The lowest BCUT2D eigenvalue weighted by molar-refractivity contribution is -0.253. The molecule has 0 aliphatic carbocycles. The maximum Gasteiger partial charge on any atom is 0.459 e. The highest BCUT2D eigenvalue weighted by Gasteiger charge is 2.38. The fraction of sp³-hybridized carbons (Fsp3) is 1.00. The zero-order valence-corrected chi connectivity index (χ0v) is 5.93. The van der Waals surface area contributed by atoms with Gasteiger partial charge < -0.3 is 5.11 Å². The van der Waals surface area contributed by atoms with Crippen LogP contribution in [0.4, 0.5) is 13.2 Å². The molecule has 1 saturated heterocycles. The van der Waals surface area contributed by atoms with Crippen molar-refractivity contribution in [1.29, 1.82) is 0 Å². The Hall–Kier alpha value is -0.290. The first kappa shape index (κ1) is 8.80. The zero-order chi connectivity index (χ0) is 8.48. The molecule has 0 saturated carbocycles. The maximum atomic E-state index is 11.9. The van der Waals surface area contributed by atoms with Crippen molar-refractivity contribution < 1.29 is 18.3 Å². The molecule has 1 rings (SSSR count). The van der Waals surface area contributed by atoms with Gasteiger partial charge in [0.05, 0.1) is 6.10 Å². The van der Waals surface area contributed by atoms with E-state index in [1.807, 2.05) is 0 Å². The van der Waals surface area contributed by atoms with Crippen LogP contribution in [0, 0.1) is 0 Å². The van der Waals surface area contributed by atoms with Gasteiger partial charge in [-0.25, -0.2) is 4.90 Å². The third-order valence-electron chi connectivity index (χ3n) is 1.82. The summed E-state index contributed by atoms with van der Waals surface area (Å²) in [4.78, 5) is 0.430. The van der Waals surface area contributed by atoms with Gasteiger partial charge in [-0.2, -0.15) is 13.2 Å². The molecule has 5 heteroatoms. The molecule has 0 unspecified atom stereocenters. The van der Waals surface area contributed by atoms with Gasteiger partial charge in [-0.05, 0) is 12.8 Å². The monoisotopic (exact) mass is 169 g/mol. The van der Waals surface area contributed by atoms with E-state index in [9.17, 15) is 13.2 Å². The number of nitrogens with zero attached hydrogens (tertiary/aromatic N) is 1. The molecule has 0 aromatic carbocycles. The minimum atomic E-state index is -4.22. The van der Waals surface area contributed by atoms with Crippen molar-refractivity contribution in [1.82, 2.24) is 4.90 Å². The molecule has 1 aliphatic heterocycles. The van der Waals surface area contributed by atoms with E-state index in [0.29, 0.717) is 4.90 Å². The van der Waals surface area contributed by atoms with Gasteiger partial charge in [0, 0.05) is 13.1 Å². The predicted molar refractivity (Wildman–Crippen MR) is 32.9 cm³/mol. The predicted octanol–water partition coefficient (Wildman–Crippen LogP) is 0.963. The van der Waals surface area contributed by atoms with E-state index in [1.54, 1.807) is 0 Å². The molecule has 1 fully saturated rings. The first-order valence-electron chi connectivity index (χ1n) is 3.50. The Kier molecular flexibility index (Phi) is 2.39. The SMILES string of the molecule is OC1CCN(C(F)(F)F)CC1. The molecule has 0 bridgehead atoms. The Morgan fingerprint density at radius 2 is 1.64 bits per heavy atom. The summed E-state index contributed by atoms with van der Waals surface area (Å²) in [6, 6.07) is 0. The third-order valence-corrected chi connectivity index (χ3v) is 1.82. The lowest BCUT2D eigenvalue weighted by Gasteiger charge is -2.30. The van der Waals surface area contributed by atoms with E-state index in [1.165, 1.54) is 0 Å². The molecule has 0 radical (unpaired) electrons. The molecule has 1 heterocycles. The van der Waals surface area contributed by atoms with Crippen molar-refractivity contribution in [3.63, 3.8) is 0 Å². The fourth-order valence-electron chi connectivity index (χ4n) is 1.12. The Morgan fingerprint density at radius 3 is 2.00 bits per heavy atom. The number of hydrogen-bond donors (Lipinski definition) is 1. The first-order chi connectivity index (χ1) is 5.00. The molecule has 2 nitrogen and oxygen atoms in total. The largest absolute Gasteiger partial charge is 0.459 e. The smallest absolute Gasteiger partial charge is 0.393 e. The van der Waals surface area contributed by atoms with Gasteiger partial charge in [0.1, 0.15) is 0 Å². The fourth-order valence-corrected chi connectivity index (χ4v) is 1.12. The van der Waals surface area contributed by atoms with Crippen LogP contribution in [0.1, 0.15) is 12.8 Å². The molecule has 1 aliphatic rings. The molecule has 0 amide bonds. The highest BCUT2D eigenvalue weighted by atomic mass is 19.4. The Balaban J connectivity index is 2.39. The number of piperidine rings is 1. The van der Waals surface area contributed by atoms with E-state index in [0.717, 1.165) is 0 Å². The molecule has 0 aromatic rings. The highest BCUT2D eigenvalue weighted by molar-refractivity contribution is 4.72. The van der Waals surface area contributed by atoms with Crippen molar-refractivity contribution in [3.8, 4) is 0 Å². The standard InChI is InChI=1S/C6H10F3NO/c7-6(8,9)10-3-1-5(11)2-4-10/h5,11H,1-4H2. The van der Waals surface area contributed by atoms with E-state index >= 15 is 0 Å². The molecular weight excluding hydrogens is 159 g/mol. The second kappa shape index (κ2) is 2.98. The quantitative estimate of drug-likeness (QED) is 0.546. The lowest BCUT2D eigenvalue weighted by Crippen LogP contribution is -2.44. The van der Waals surface area contributed by atoms with Gasteiger partial charge >= 0.3 is 6.30 Å². The number of rotatable bonds is 0. The lowest BCUT2D eigenvalue weighted by atomic mass is 10.1. The number of halogens is 3. The molecule has 1 N–H and O–H groups in total. The van der Waals surface area contributed by atoms with Crippen molar-refractivity contribution in [2.24, 2.45) is 0 Å². The Bertz CT molecular complexity index is 128. The van der Waals surface area contributed by atoms with Crippen LogP contribution in [0.3, 0.4) is 0 Å². The van der Waals surface area contributed by atoms with Gasteiger partial charge in [-0.3, -0.25) is 0 Å². The van der Waals surface area contributed by atoms with Crippen molar-refractivity contribution in [2.75, 3.05) is 13.1 Å². The number of alkyl halides is 3. The van der Waals surface area contributed by atoms with Gasteiger partial charge in [0.15, 0.2) is 0 Å². The Morgan fingerprint density at radius 1 is 1.18 bits per heavy atom. The van der Waals surface area contributed by atoms with Crippen LogP contribution in [0.15, 0.2) is 0 Å². The average Bonchev–Trinajstić information content (AvgIpc) is 1.86. The number of aliphatic hydroxyl groups is 1. The van der Waals surface area contributed by atoms with Crippen molar-refractivity contribution >= 4 is 0 Å². The second-order valence-corrected chi connectivity index (χ2v) is 2.69. The average molecular weight is 169 g/mol. The topological polar surface area (TPSA) is 23.5 Å². The number of aliphatic hydroxyl groups excluding tert-OH is 1. The Labute approximate surface area is 62.6 Å². The molecule has 0 aromatic heterocycles. The van der Waals surface area contributed by atoms with Crippen LogP contribution in [0.5, 0.6) is 0 Å². The van der Waals surface area contributed by atoms with Gasteiger partial charge in [-0.1, -0.05) is 0 Å². The van der Waals surface area contributed by atoms with Gasteiger partial charge in [-0.15, -0.1) is 0 Å². The van der Waals surface area contributed by atoms with Crippen LogP contribution < -0.4 is 0 Å². The van der Waals surface area contributed by atoms with Crippen molar-refractivity contribution in [3.05, 3.63) is 0 Å². The minimum absolute atomic E-state index is 0.0787. The zero-order valence-electron chi connectivity index (χ0n) is 5.93. The van der Waals surface area contributed by atoms with Crippen LogP contribution in [0.25, 0.3) is 0 Å². The van der Waals surface area contributed by atoms with Crippen molar-refractivity contribution in [2.45, 2.75) is 25.2 Å². The molecule has 11 heavy (non-hydrogen) atoms. The van der Waals surface area contributed by atoms with Crippen LogP contribution >= 0.6 is 0 Å². The summed E-state index contributed by atoms with van der Waals surface area (Å²) >= 11 is 0. The molecule has 66 valence electrons. The van der Waals surface area contributed by atoms with Gasteiger partial charge in [0.2, 0.25) is 0 Å². The maximum absolute atomic E-state index is 11.9. The molecule has 0 atom stereocenters. The van der Waals surface area contributed by atoms with Crippen LogP contribution in [-0.4, -0.2) is 35.5 Å². The summed E-state index contributed by atoms with van der Waals surface area (Å²) in [5, 5.41) is 8.90. The summed E-state index contributed by atoms with van der Waals surface area (Å²) in [5.41, 5.74) is 0.